The van der Waals surface area contributed by atoms with E-state index in [2.05, 4.69) is 16.0 Å². The molecule has 3 aromatic rings. The maximum absolute atomic E-state index is 11.0. The zero-order valence-electron chi connectivity index (χ0n) is 14.7. The van der Waals surface area contributed by atoms with Gasteiger partial charge >= 0.3 is 0 Å². The summed E-state index contributed by atoms with van der Waals surface area (Å²) in [4.78, 5) is 11.0. The van der Waals surface area contributed by atoms with Crippen LogP contribution in [0.15, 0.2) is 78.9 Å². The number of hydrogen-bond donors (Lipinski definition) is 3. The van der Waals surface area contributed by atoms with Crippen molar-refractivity contribution in [2.45, 2.75) is 6.92 Å². The highest BCUT2D eigenvalue weighted by Gasteiger charge is 2.02. The van der Waals surface area contributed by atoms with Gasteiger partial charge in [0, 0.05) is 24.0 Å². The topological polar surface area (TPSA) is 62.4 Å². The van der Waals surface area contributed by atoms with E-state index in [9.17, 15) is 4.79 Å². The van der Waals surface area contributed by atoms with Gasteiger partial charge in [-0.2, -0.15) is 0 Å². The van der Waals surface area contributed by atoms with E-state index in [0.29, 0.717) is 5.11 Å². The summed E-state index contributed by atoms with van der Waals surface area (Å²) >= 11 is 5.34. The lowest BCUT2D eigenvalue weighted by molar-refractivity contribution is -0.114. The zero-order chi connectivity index (χ0) is 19.1. The second-order valence-electron chi connectivity index (χ2n) is 5.78. The molecule has 0 aliphatic heterocycles. The average Bonchev–Trinajstić information content (AvgIpc) is 2.65. The fraction of sp³-hybridized carbons (Fsp3) is 0.0476. The van der Waals surface area contributed by atoms with Crippen LogP contribution in [0.3, 0.4) is 0 Å². The molecule has 3 aromatic carbocycles. The molecule has 0 unspecified atom stereocenters. The van der Waals surface area contributed by atoms with Crippen molar-refractivity contribution in [1.29, 1.82) is 0 Å². The van der Waals surface area contributed by atoms with Gasteiger partial charge in [-0.1, -0.05) is 18.2 Å². The molecule has 3 rings (SSSR count). The number of benzene rings is 3. The lowest BCUT2D eigenvalue weighted by Crippen LogP contribution is -2.19. The molecule has 0 saturated heterocycles. The third-order valence-electron chi connectivity index (χ3n) is 3.55. The first kappa shape index (κ1) is 18.4. The summed E-state index contributed by atoms with van der Waals surface area (Å²) in [5.41, 5.74) is 2.41. The number of thiocarbonyl (C=S) groups is 1. The minimum Gasteiger partial charge on any atom is -0.457 e. The monoisotopic (exact) mass is 377 g/mol. The van der Waals surface area contributed by atoms with Crippen molar-refractivity contribution in [3.8, 4) is 11.5 Å². The van der Waals surface area contributed by atoms with Crippen molar-refractivity contribution in [2.24, 2.45) is 0 Å². The number of amides is 1. The number of nitrogens with one attached hydrogen (secondary N) is 3. The number of carbonyl (C=O) groups is 1. The summed E-state index contributed by atoms with van der Waals surface area (Å²) in [5.74, 6) is 1.44. The van der Waals surface area contributed by atoms with Crippen LogP contribution in [0.1, 0.15) is 6.92 Å². The molecule has 136 valence electrons. The largest absolute Gasteiger partial charge is 0.457 e. The number of carbonyl (C=O) groups excluding carboxylic acids is 1. The van der Waals surface area contributed by atoms with Gasteiger partial charge in [0.05, 0.1) is 0 Å². The van der Waals surface area contributed by atoms with Crippen molar-refractivity contribution < 1.29 is 9.53 Å². The number of hydrogen-bond acceptors (Lipinski definition) is 3. The maximum atomic E-state index is 11.0. The molecule has 0 aliphatic carbocycles. The van der Waals surface area contributed by atoms with Gasteiger partial charge in [-0.25, -0.2) is 0 Å². The van der Waals surface area contributed by atoms with E-state index in [1.807, 2.05) is 78.9 Å². The molecule has 6 heteroatoms. The highest BCUT2D eigenvalue weighted by molar-refractivity contribution is 7.80. The minimum absolute atomic E-state index is 0.104. The second-order valence-corrected chi connectivity index (χ2v) is 6.19. The van der Waals surface area contributed by atoms with E-state index in [0.717, 1.165) is 28.6 Å². The van der Waals surface area contributed by atoms with Crippen LogP contribution in [0.4, 0.5) is 17.1 Å². The van der Waals surface area contributed by atoms with E-state index in [4.69, 9.17) is 17.0 Å². The van der Waals surface area contributed by atoms with E-state index < -0.39 is 0 Å². The Hall–Kier alpha value is -3.38. The zero-order valence-corrected chi connectivity index (χ0v) is 15.5. The predicted octanol–water partition coefficient (Wildman–Crippen LogP) is 5.25. The molecule has 0 atom stereocenters. The van der Waals surface area contributed by atoms with Gasteiger partial charge in [0.15, 0.2) is 5.11 Å². The fourth-order valence-corrected chi connectivity index (χ4v) is 2.60. The normalized spacial score (nSPS) is 9.96. The Balaban J connectivity index is 1.54. The number of rotatable bonds is 5. The first-order valence-electron chi connectivity index (χ1n) is 8.37. The number of anilines is 3. The molecule has 0 saturated carbocycles. The Labute approximate surface area is 163 Å². The average molecular weight is 377 g/mol. The molecule has 1 amide bonds. The molecular formula is C21H19N3O2S. The van der Waals surface area contributed by atoms with Crippen LogP contribution in [0.5, 0.6) is 11.5 Å². The molecule has 27 heavy (non-hydrogen) atoms. The van der Waals surface area contributed by atoms with Crippen molar-refractivity contribution in [3.63, 3.8) is 0 Å². The lowest BCUT2D eigenvalue weighted by atomic mass is 10.2. The summed E-state index contributed by atoms with van der Waals surface area (Å²) in [5, 5.41) is 9.42. The van der Waals surface area contributed by atoms with Gasteiger partial charge in [-0.3, -0.25) is 4.79 Å². The molecule has 0 bridgehead atoms. The van der Waals surface area contributed by atoms with E-state index in [1.165, 1.54) is 6.92 Å². The van der Waals surface area contributed by atoms with Crippen LogP contribution < -0.4 is 20.7 Å². The Morgan fingerprint density at radius 3 is 1.67 bits per heavy atom. The van der Waals surface area contributed by atoms with Gasteiger partial charge < -0.3 is 20.7 Å². The first-order chi connectivity index (χ1) is 13.1. The summed E-state index contributed by atoms with van der Waals surface area (Å²) in [6.45, 7) is 1.47. The van der Waals surface area contributed by atoms with Gasteiger partial charge in [0.1, 0.15) is 11.5 Å². The number of para-hydroxylation sites is 1. The summed E-state index contributed by atoms with van der Waals surface area (Å²) in [7, 11) is 0. The van der Waals surface area contributed by atoms with Crippen LogP contribution in [0.25, 0.3) is 0 Å². The van der Waals surface area contributed by atoms with E-state index in [-0.39, 0.29) is 5.91 Å². The third kappa shape index (κ3) is 5.83. The van der Waals surface area contributed by atoms with E-state index >= 15 is 0 Å². The quantitative estimate of drug-likeness (QED) is 0.530. The third-order valence-corrected chi connectivity index (χ3v) is 3.76. The number of ether oxygens (including phenoxy) is 1. The Morgan fingerprint density at radius 1 is 0.704 bits per heavy atom. The van der Waals surface area contributed by atoms with Crippen LogP contribution in [-0.4, -0.2) is 11.0 Å². The standard InChI is InChI=1S/C21H19N3O2S/c1-15(25)22-16-7-9-17(10-8-16)23-21(27)24-18-11-13-20(14-12-18)26-19-5-3-2-4-6-19/h2-14H,1H3,(H,22,25)(H2,23,24,27). The summed E-state index contributed by atoms with van der Waals surface area (Å²) in [6.07, 6.45) is 0. The smallest absolute Gasteiger partial charge is 0.221 e. The predicted molar refractivity (Wildman–Crippen MR) is 114 cm³/mol. The Morgan fingerprint density at radius 2 is 1.15 bits per heavy atom. The maximum Gasteiger partial charge on any atom is 0.221 e. The minimum atomic E-state index is -0.104. The molecule has 0 aromatic heterocycles. The van der Waals surface area contributed by atoms with Crippen molar-refractivity contribution in [3.05, 3.63) is 78.9 Å². The second kappa shape index (κ2) is 8.82. The molecule has 5 nitrogen and oxygen atoms in total. The molecule has 0 aliphatic rings. The Kier molecular flexibility index (Phi) is 6.02. The molecule has 0 spiro atoms. The van der Waals surface area contributed by atoms with Gasteiger partial charge in [0.25, 0.3) is 0 Å². The molecule has 0 fully saturated rings. The Bertz CT molecular complexity index is 910. The SMILES string of the molecule is CC(=O)Nc1ccc(NC(=S)Nc2ccc(Oc3ccccc3)cc2)cc1. The van der Waals surface area contributed by atoms with E-state index in [1.54, 1.807) is 0 Å². The highest BCUT2D eigenvalue weighted by atomic mass is 32.1. The highest BCUT2D eigenvalue weighted by Crippen LogP contribution is 2.22. The van der Waals surface area contributed by atoms with Gasteiger partial charge in [-0.05, 0) is 72.9 Å². The van der Waals surface area contributed by atoms with Crippen LogP contribution in [0.2, 0.25) is 0 Å². The van der Waals surface area contributed by atoms with Crippen LogP contribution in [0, 0.1) is 0 Å². The molecular weight excluding hydrogens is 358 g/mol. The van der Waals surface area contributed by atoms with Crippen LogP contribution >= 0.6 is 12.2 Å². The van der Waals surface area contributed by atoms with Crippen LogP contribution in [-0.2, 0) is 4.79 Å². The fourth-order valence-electron chi connectivity index (χ4n) is 2.36. The van der Waals surface area contributed by atoms with Gasteiger partial charge in [0.2, 0.25) is 5.91 Å². The van der Waals surface area contributed by atoms with Gasteiger partial charge in [-0.15, -0.1) is 0 Å². The van der Waals surface area contributed by atoms with Crippen molar-refractivity contribution >= 4 is 40.3 Å². The first-order valence-corrected chi connectivity index (χ1v) is 8.78. The summed E-state index contributed by atoms with van der Waals surface area (Å²) < 4.78 is 5.77. The molecule has 0 heterocycles. The molecule has 3 N–H and O–H groups in total. The summed E-state index contributed by atoms with van der Waals surface area (Å²) in [6, 6.07) is 24.5. The van der Waals surface area contributed by atoms with Crippen molar-refractivity contribution in [2.75, 3.05) is 16.0 Å². The van der Waals surface area contributed by atoms with Crippen molar-refractivity contribution in [1.82, 2.24) is 0 Å². The lowest BCUT2D eigenvalue weighted by Gasteiger charge is -2.12. The molecule has 0 radical (unpaired) electrons.